The molecule has 0 aliphatic carbocycles. The van der Waals surface area contributed by atoms with Crippen LogP contribution >= 0.6 is 0 Å². The molecule has 4 aromatic rings. The molecule has 2 aromatic carbocycles. The van der Waals surface area contributed by atoms with E-state index in [0.717, 1.165) is 35.0 Å². The number of phenols is 1. The first-order valence-corrected chi connectivity index (χ1v) is 12.9. The van der Waals surface area contributed by atoms with Crippen LogP contribution in [-0.4, -0.2) is 46.4 Å². The van der Waals surface area contributed by atoms with Crippen LogP contribution in [0, 0.1) is 0 Å². The van der Waals surface area contributed by atoms with Crippen LogP contribution in [0.15, 0.2) is 78.0 Å². The molecule has 0 atom stereocenters. The molecule has 0 radical (unpaired) electrons. The lowest BCUT2D eigenvalue weighted by Gasteiger charge is -2.31. The van der Waals surface area contributed by atoms with Gasteiger partial charge in [0.05, 0.1) is 10.5 Å². The zero-order valence-electron chi connectivity index (χ0n) is 19.0. The molecule has 3 N–H and O–H groups in total. The molecule has 9 heteroatoms. The van der Waals surface area contributed by atoms with Gasteiger partial charge in [-0.1, -0.05) is 24.3 Å². The number of amides is 1. The highest BCUT2D eigenvalue weighted by atomic mass is 32.2. The van der Waals surface area contributed by atoms with E-state index in [1.54, 1.807) is 34.6 Å². The van der Waals surface area contributed by atoms with Crippen molar-refractivity contribution in [3.63, 3.8) is 0 Å². The molecule has 3 heterocycles. The molecule has 0 unspecified atom stereocenters. The Balaban J connectivity index is 1.29. The molecule has 1 amide bonds. The molecular weight excluding hydrogens is 464 g/mol. The Bertz CT molecular complexity index is 1490. The van der Waals surface area contributed by atoms with E-state index in [4.69, 9.17) is 10.7 Å². The number of nitrogens with zero attached hydrogens (tertiary/aromatic N) is 3. The molecule has 1 aliphatic rings. The summed E-state index contributed by atoms with van der Waals surface area (Å²) in [6.45, 7) is 1.44. The number of nitrogens with two attached hydrogens (primary N) is 1. The summed E-state index contributed by atoms with van der Waals surface area (Å²) in [4.78, 5) is 16.4. The molecular formula is C26H26N4O4S. The predicted molar refractivity (Wildman–Crippen MR) is 133 cm³/mol. The summed E-state index contributed by atoms with van der Waals surface area (Å²) in [6.07, 6.45) is 5.30. The van der Waals surface area contributed by atoms with E-state index in [9.17, 15) is 18.3 Å². The van der Waals surface area contributed by atoms with E-state index in [1.165, 1.54) is 12.1 Å². The average molecular weight is 491 g/mol. The number of sulfonamides is 1. The maximum absolute atomic E-state index is 12.9. The molecule has 5 rings (SSSR count). The Hall–Kier alpha value is -3.69. The molecule has 180 valence electrons. The summed E-state index contributed by atoms with van der Waals surface area (Å²) >= 11 is 0. The second-order valence-electron chi connectivity index (χ2n) is 8.83. The van der Waals surface area contributed by atoms with Crippen LogP contribution in [0.3, 0.4) is 0 Å². The van der Waals surface area contributed by atoms with Gasteiger partial charge >= 0.3 is 0 Å². The van der Waals surface area contributed by atoms with E-state index in [2.05, 4.69) is 6.07 Å². The fourth-order valence-electron chi connectivity index (χ4n) is 4.70. The number of benzene rings is 2. The molecule has 1 fully saturated rings. The summed E-state index contributed by atoms with van der Waals surface area (Å²) in [5, 5.41) is 11.1. The van der Waals surface area contributed by atoms with Crippen molar-refractivity contribution in [2.24, 2.45) is 5.73 Å². The monoisotopic (exact) mass is 490 g/mol. The number of fused-ring (bicyclic) bond motifs is 1. The maximum Gasteiger partial charge on any atom is 0.252 e. The lowest BCUT2D eigenvalue weighted by molar-refractivity contribution is 0.0997. The highest BCUT2D eigenvalue weighted by Gasteiger charge is 2.30. The first-order chi connectivity index (χ1) is 16.8. The number of piperidine rings is 1. The van der Waals surface area contributed by atoms with Gasteiger partial charge in [-0.3, -0.25) is 4.79 Å². The van der Waals surface area contributed by atoms with Gasteiger partial charge in [-0.15, -0.1) is 0 Å². The summed E-state index contributed by atoms with van der Waals surface area (Å²) in [5.74, 6) is -0.559. The van der Waals surface area contributed by atoms with Crippen molar-refractivity contribution in [3.05, 3.63) is 89.7 Å². The molecule has 0 bridgehead atoms. The van der Waals surface area contributed by atoms with E-state index in [-0.39, 0.29) is 17.2 Å². The highest BCUT2D eigenvalue weighted by Crippen LogP contribution is 2.32. The molecule has 0 saturated carbocycles. The van der Waals surface area contributed by atoms with E-state index >= 15 is 0 Å². The van der Waals surface area contributed by atoms with Gasteiger partial charge in [0.25, 0.3) is 5.91 Å². The van der Waals surface area contributed by atoms with Gasteiger partial charge in [-0.2, -0.15) is 4.31 Å². The van der Waals surface area contributed by atoms with Crippen molar-refractivity contribution in [2.75, 3.05) is 13.1 Å². The largest absolute Gasteiger partial charge is 0.507 e. The molecule has 35 heavy (non-hydrogen) atoms. The summed E-state index contributed by atoms with van der Waals surface area (Å²) < 4.78 is 29.4. The van der Waals surface area contributed by atoms with Gasteiger partial charge in [-0.25, -0.2) is 13.4 Å². The van der Waals surface area contributed by atoms with Crippen molar-refractivity contribution in [1.29, 1.82) is 0 Å². The second-order valence-corrected chi connectivity index (χ2v) is 10.8. The van der Waals surface area contributed by atoms with Crippen molar-refractivity contribution < 1.29 is 18.3 Å². The third-order valence-electron chi connectivity index (χ3n) is 6.61. The Kier molecular flexibility index (Phi) is 6.04. The fraction of sp³-hybridized carbons (Fsp3) is 0.231. The van der Waals surface area contributed by atoms with Crippen LogP contribution in [0.2, 0.25) is 0 Å². The number of rotatable bonds is 6. The van der Waals surface area contributed by atoms with Crippen molar-refractivity contribution in [2.45, 2.75) is 30.2 Å². The smallest absolute Gasteiger partial charge is 0.252 e. The van der Waals surface area contributed by atoms with Crippen LogP contribution in [0.5, 0.6) is 5.75 Å². The van der Waals surface area contributed by atoms with Crippen molar-refractivity contribution in [3.8, 4) is 5.75 Å². The summed E-state index contributed by atoms with van der Waals surface area (Å²) in [5.41, 5.74) is 8.10. The lowest BCUT2D eigenvalue weighted by Crippen LogP contribution is -2.37. The number of primary amides is 1. The maximum atomic E-state index is 12.9. The van der Waals surface area contributed by atoms with Gasteiger partial charge in [0.2, 0.25) is 10.0 Å². The number of carbonyl (C=O) groups excluding carboxylic acids is 1. The van der Waals surface area contributed by atoms with Crippen LogP contribution < -0.4 is 5.73 Å². The Morgan fingerprint density at radius 3 is 2.49 bits per heavy atom. The Morgan fingerprint density at radius 1 is 1.06 bits per heavy atom. The number of hydrogen-bond donors (Lipinski definition) is 2. The molecule has 0 spiro atoms. The zero-order chi connectivity index (χ0) is 24.6. The van der Waals surface area contributed by atoms with Gasteiger partial charge < -0.3 is 15.4 Å². The molecule has 1 saturated heterocycles. The van der Waals surface area contributed by atoms with Gasteiger partial charge in [0, 0.05) is 37.4 Å². The second kappa shape index (κ2) is 9.16. The van der Waals surface area contributed by atoms with Gasteiger partial charge in [0.15, 0.2) is 0 Å². The van der Waals surface area contributed by atoms with Gasteiger partial charge in [0.1, 0.15) is 11.4 Å². The minimum Gasteiger partial charge on any atom is -0.507 e. The summed E-state index contributed by atoms with van der Waals surface area (Å²) in [7, 11) is -3.47. The van der Waals surface area contributed by atoms with Crippen LogP contribution in [0.4, 0.5) is 0 Å². The minimum atomic E-state index is -3.47. The first-order valence-electron chi connectivity index (χ1n) is 11.4. The highest BCUT2D eigenvalue weighted by molar-refractivity contribution is 7.89. The molecule has 8 nitrogen and oxygen atoms in total. The zero-order valence-corrected chi connectivity index (χ0v) is 19.9. The first kappa shape index (κ1) is 23.1. The lowest BCUT2D eigenvalue weighted by atomic mass is 9.91. The van der Waals surface area contributed by atoms with Gasteiger partial charge in [-0.05, 0) is 66.3 Å². The van der Waals surface area contributed by atoms with Crippen LogP contribution in [0.25, 0.3) is 11.0 Å². The van der Waals surface area contributed by atoms with Crippen molar-refractivity contribution >= 4 is 27.0 Å². The van der Waals surface area contributed by atoms with Crippen LogP contribution in [0.1, 0.15) is 40.2 Å². The van der Waals surface area contributed by atoms with E-state index < -0.39 is 15.9 Å². The SMILES string of the molecule is NC(=O)c1ccc(Cn2ccc3cc(C4CCN(S(=O)(=O)c5ccccc5)CC4)cnc32)cc1O. The number of pyridine rings is 1. The third-order valence-corrected chi connectivity index (χ3v) is 8.52. The normalized spacial score (nSPS) is 15.4. The number of hydrogen-bond acceptors (Lipinski definition) is 5. The molecule has 1 aliphatic heterocycles. The summed E-state index contributed by atoms with van der Waals surface area (Å²) in [6, 6.07) is 17.5. The average Bonchev–Trinajstić information content (AvgIpc) is 3.26. The predicted octanol–water partition coefficient (Wildman–Crippen LogP) is 3.46. The Labute approximate surface area is 203 Å². The quantitative estimate of drug-likeness (QED) is 0.429. The minimum absolute atomic E-state index is 0.0940. The van der Waals surface area contributed by atoms with Crippen LogP contribution in [-0.2, 0) is 16.6 Å². The van der Waals surface area contributed by atoms with Crippen molar-refractivity contribution in [1.82, 2.24) is 13.9 Å². The number of aromatic hydroxyl groups is 1. The standard InChI is InChI=1S/C26H26N4O4S/c27-25(32)23-7-6-18(14-24(23)31)17-29-11-8-20-15-21(16-28-26(20)29)19-9-12-30(13-10-19)35(33,34)22-4-2-1-3-5-22/h1-8,11,14-16,19,31H,9-10,12-13,17H2,(H2,27,32). The number of aromatic nitrogens is 2. The molecule has 2 aromatic heterocycles. The topological polar surface area (TPSA) is 119 Å². The van der Waals surface area contributed by atoms with E-state index in [1.807, 2.05) is 29.1 Å². The third kappa shape index (κ3) is 4.52. The fourth-order valence-corrected chi connectivity index (χ4v) is 6.19. The number of carbonyl (C=O) groups is 1. The van der Waals surface area contributed by atoms with E-state index in [0.29, 0.717) is 24.5 Å². The Morgan fingerprint density at radius 2 is 1.80 bits per heavy atom.